The van der Waals surface area contributed by atoms with Crippen molar-refractivity contribution >= 4 is 45.8 Å². The molecule has 51 heavy (non-hydrogen) atoms. The van der Waals surface area contributed by atoms with Gasteiger partial charge in [0.15, 0.2) is 0 Å². The van der Waals surface area contributed by atoms with Crippen LogP contribution in [0.4, 0.5) is 5.69 Å². The van der Waals surface area contributed by atoms with E-state index in [1.807, 2.05) is 36.4 Å². The van der Waals surface area contributed by atoms with Gasteiger partial charge in [-0.05, 0) is 68.4 Å². The number of carboxylic acids is 1. The number of hydrogen-bond acceptors (Lipinski definition) is 5. The van der Waals surface area contributed by atoms with Crippen molar-refractivity contribution < 1.29 is 14.6 Å². The van der Waals surface area contributed by atoms with Gasteiger partial charge in [-0.2, -0.15) is 0 Å². The molecule has 0 spiro atoms. The van der Waals surface area contributed by atoms with Crippen LogP contribution in [0.25, 0.3) is 10.9 Å². The number of aliphatic carboxylic acids is 1. The average Bonchev–Trinajstić information content (AvgIpc) is 3.12. The van der Waals surface area contributed by atoms with Gasteiger partial charge in [-0.25, -0.2) is 0 Å². The molecule has 0 aliphatic carbocycles. The van der Waals surface area contributed by atoms with E-state index in [-0.39, 0.29) is 5.56 Å². The Bertz CT molecular complexity index is 1550. The number of hydrogen-bond donors (Lipinski definition) is 2. The summed E-state index contributed by atoms with van der Waals surface area (Å²) in [4.78, 5) is 33.5. The molecule has 0 radical (unpaired) electrons. The van der Waals surface area contributed by atoms with Crippen LogP contribution in [0.5, 0.6) is 5.75 Å². The summed E-state index contributed by atoms with van der Waals surface area (Å²) in [5.41, 5.74) is 0.405. The molecular formula is C42H61Cl2N3O4. The standard InChI is InChI=1S/C42H61Cl2N3O4/c1-3-4-5-6-7-8-9-10-11-12-13-14-15-16-24-42(2,41(49)50)35-31-33-22-23-34(32-37(33)45-40(35)48)51-30-18-17-25-46-26-28-47(29-27-46)38-21-19-20-36(43)39(38)44/h19-23,31-32H,3-18,24-30H2,1-2H3,(H,45,48)(H,49,50). The molecule has 9 heteroatoms. The fourth-order valence-corrected chi connectivity index (χ4v) is 7.70. The molecular weight excluding hydrogens is 681 g/mol. The number of anilines is 1. The van der Waals surface area contributed by atoms with Crippen molar-refractivity contribution in [2.24, 2.45) is 0 Å². The molecule has 1 aliphatic rings. The van der Waals surface area contributed by atoms with E-state index in [2.05, 4.69) is 21.7 Å². The number of nitrogens with zero attached hydrogens (tertiary/aromatic N) is 2. The number of H-pyrrole nitrogens is 1. The van der Waals surface area contributed by atoms with Crippen molar-refractivity contribution in [2.45, 2.75) is 128 Å². The van der Waals surface area contributed by atoms with E-state index >= 15 is 0 Å². The molecule has 1 aliphatic heterocycles. The second-order valence-electron chi connectivity index (χ2n) is 14.7. The Hall–Kier alpha value is -2.74. The van der Waals surface area contributed by atoms with Gasteiger partial charge in [-0.3, -0.25) is 14.5 Å². The highest BCUT2D eigenvalue weighted by Gasteiger charge is 2.37. The quantitative estimate of drug-likeness (QED) is 0.0889. The predicted molar refractivity (Wildman–Crippen MR) is 214 cm³/mol. The average molecular weight is 743 g/mol. The molecule has 1 atom stereocenters. The maximum atomic E-state index is 13.2. The SMILES string of the molecule is CCCCCCCCCCCCCCCCC(C)(C(=O)O)c1cc2ccc(OCCCCN3CCN(c4cccc(Cl)c4Cl)CC3)cc2[nH]c1=O. The van der Waals surface area contributed by atoms with Crippen molar-refractivity contribution in [1.82, 2.24) is 9.88 Å². The third-order valence-corrected chi connectivity index (χ3v) is 11.5. The molecule has 1 fully saturated rings. The van der Waals surface area contributed by atoms with E-state index in [9.17, 15) is 14.7 Å². The highest BCUT2D eigenvalue weighted by atomic mass is 35.5. The minimum atomic E-state index is -1.23. The monoisotopic (exact) mass is 741 g/mol. The zero-order valence-corrected chi connectivity index (χ0v) is 32.6. The number of aromatic nitrogens is 1. The Morgan fingerprint density at radius 3 is 2.08 bits per heavy atom. The molecule has 1 saturated heterocycles. The number of pyridine rings is 1. The van der Waals surface area contributed by atoms with Gasteiger partial charge in [0, 0.05) is 37.8 Å². The molecule has 1 unspecified atom stereocenters. The Labute approximate surface area is 316 Å². The van der Waals surface area contributed by atoms with E-state index < -0.39 is 11.4 Å². The first-order chi connectivity index (χ1) is 24.7. The van der Waals surface area contributed by atoms with E-state index in [0.717, 1.165) is 75.9 Å². The maximum Gasteiger partial charge on any atom is 0.314 e. The molecule has 3 aromatic rings. The highest BCUT2D eigenvalue weighted by molar-refractivity contribution is 6.43. The molecule has 0 amide bonds. The minimum Gasteiger partial charge on any atom is -0.494 e. The molecule has 2 heterocycles. The molecule has 7 nitrogen and oxygen atoms in total. The Morgan fingerprint density at radius 1 is 0.824 bits per heavy atom. The number of carboxylic acid groups (broad SMARTS) is 1. The molecule has 0 bridgehead atoms. The molecule has 282 valence electrons. The summed E-state index contributed by atoms with van der Waals surface area (Å²) in [6, 6.07) is 13.2. The van der Waals surface area contributed by atoms with Crippen LogP contribution in [-0.4, -0.2) is 60.3 Å². The lowest BCUT2D eigenvalue weighted by Crippen LogP contribution is -2.46. The summed E-state index contributed by atoms with van der Waals surface area (Å²) in [7, 11) is 0. The first-order valence-electron chi connectivity index (χ1n) is 19.7. The predicted octanol–water partition coefficient (Wildman–Crippen LogP) is 11.0. The Morgan fingerprint density at radius 2 is 1.45 bits per heavy atom. The van der Waals surface area contributed by atoms with Crippen LogP contribution in [0.1, 0.15) is 129 Å². The maximum absolute atomic E-state index is 13.2. The number of halogens is 2. The van der Waals surface area contributed by atoms with Crippen LogP contribution in [-0.2, 0) is 10.2 Å². The second kappa shape index (κ2) is 21.7. The number of piperazine rings is 1. The zero-order valence-electron chi connectivity index (χ0n) is 31.1. The number of aromatic amines is 1. The number of rotatable bonds is 24. The van der Waals surface area contributed by atoms with Gasteiger partial charge in [0.1, 0.15) is 5.75 Å². The number of unbranched alkanes of at least 4 members (excludes halogenated alkanes) is 14. The number of nitrogens with one attached hydrogen (secondary N) is 1. The van der Waals surface area contributed by atoms with Gasteiger partial charge in [0.05, 0.1) is 33.3 Å². The lowest BCUT2D eigenvalue weighted by molar-refractivity contribution is -0.143. The summed E-state index contributed by atoms with van der Waals surface area (Å²) in [5, 5.41) is 12.3. The summed E-state index contributed by atoms with van der Waals surface area (Å²) < 4.78 is 6.04. The number of carbonyl (C=O) groups is 1. The summed E-state index contributed by atoms with van der Waals surface area (Å²) >= 11 is 12.6. The van der Waals surface area contributed by atoms with Gasteiger partial charge in [0.2, 0.25) is 0 Å². The van der Waals surface area contributed by atoms with Crippen LogP contribution < -0.4 is 15.2 Å². The highest BCUT2D eigenvalue weighted by Crippen LogP contribution is 2.33. The van der Waals surface area contributed by atoms with Crippen molar-refractivity contribution in [3.63, 3.8) is 0 Å². The van der Waals surface area contributed by atoms with Crippen molar-refractivity contribution in [2.75, 3.05) is 44.2 Å². The van der Waals surface area contributed by atoms with Gasteiger partial charge >= 0.3 is 5.97 Å². The lowest BCUT2D eigenvalue weighted by Gasteiger charge is -2.36. The van der Waals surface area contributed by atoms with Crippen molar-refractivity contribution in [3.8, 4) is 5.75 Å². The van der Waals surface area contributed by atoms with Crippen LogP contribution in [0, 0.1) is 0 Å². The molecule has 2 N–H and O–H groups in total. The van der Waals surface area contributed by atoms with Crippen molar-refractivity contribution in [1.29, 1.82) is 0 Å². The Balaban J connectivity index is 1.15. The van der Waals surface area contributed by atoms with E-state index in [1.54, 1.807) is 13.0 Å². The first-order valence-corrected chi connectivity index (χ1v) is 20.4. The molecule has 2 aromatic carbocycles. The molecule has 0 saturated carbocycles. The second-order valence-corrected chi connectivity index (χ2v) is 15.5. The summed E-state index contributed by atoms with van der Waals surface area (Å²) in [6.07, 6.45) is 19.9. The van der Waals surface area contributed by atoms with Gasteiger partial charge < -0.3 is 19.7 Å². The van der Waals surface area contributed by atoms with E-state index in [0.29, 0.717) is 39.9 Å². The van der Waals surface area contributed by atoms with E-state index in [4.69, 9.17) is 27.9 Å². The third-order valence-electron chi connectivity index (χ3n) is 10.7. The minimum absolute atomic E-state index is 0.322. The summed E-state index contributed by atoms with van der Waals surface area (Å²) in [5.74, 6) is -0.254. The zero-order chi connectivity index (χ0) is 36.5. The Kier molecular flexibility index (Phi) is 17.5. The van der Waals surface area contributed by atoms with Crippen molar-refractivity contribution in [3.05, 3.63) is 68.4 Å². The summed E-state index contributed by atoms with van der Waals surface area (Å²) in [6.45, 7) is 9.33. The normalized spacial score (nSPS) is 14.9. The van der Waals surface area contributed by atoms with Gasteiger partial charge in [0.25, 0.3) is 5.56 Å². The van der Waals surface area contributed by atoms with Crippen LogP contribution in [0.2, 0.25) is 10.0 Å². The van der Waals surface area contributed by atoms with Gasteiger partial charge in [-0.1, -0.05) is 126 Å². The fourth-order valence-electron chi connectivity index (χ4n) is 7.29. The topological polar surface area (TPSA) is 85.9 Å². The first kappa shape index (κ1) is 41.0. The third kappa shape index (κ3) is 12.7. The van der Waals surface area contributed by atoms with Gasteiger partial charge in [-0.15, -0.1) is 0 Å². The largest absolute Gasteiger partial charge is 0.494 e. The molecule has 4 rings (SSSR count). The van der Waals surface area contributed by atoms with E-state index in [1.165, 1.54) is 70.6 Å². The smallest absolute Gasteiger partial charge is 0.314 e. The number of benzene rings is 2. The van der Waals surface area contributed by atoms with Crippen LogP contribution in [0.3, 0.4) is 0 Å². The fraction of sp³-hybridized carbons (Fsp3) is 0.619. The number of ether oxygens (including phenoxy) is 1. The number of fused-ring (bicyclic) bond motifs is 1. The molecule has 1 aromatic heterocycles. The lowest BCUT2D eigenvalue weighted by atomic mass is 9.78. The van der Waals surface area contributed by atoms with Crippen LogP contribution in [0.15, 0.2) is 47.3 Å². The van der Waals surface area contributed by atoms with Crippen LogP contribution >= 0.6 is 23.2 Å².